The zero-order valence-corrected chi connectivity index (χ0v) is 7.94. The first-order chi connectivity index (χ1) is 4.04. The van der Waals surface area contributed by atoms with Crippen LogP contribution >= 0.6 is 0 Å². The summed E-state index contributed by atoms with van der Waals surface area (Å²) < 4.78 is 0. The van der Waals surface area contributed by atoms with Crippen LogP contribution in [0.25, 0.3) is 0 Å². The van der Waals surface area contributed by atoms with Crippen LogP contribution in [0.2, 0.25) is 0 Å². The van der Waals surface area contributed by atoms with Gasteiger partial charge in [-0.1, -0.05) is 0 Å². The van der Waals surface area contributed by atoms with Crippen molar-refractivity contribution in [2.24, 2.45) is 0 Å². The molecule has 0 unspecified atom stereocenters. The molecule has 11 heavy (non-hydrogen) atoms. The fraction of sp³-hybridized carbons (Fsp3) is 0.500. The van der Waals surface area contributed by atoms with E-state index in [9.17, 15) is 9.59 Å². The summed E-state index contributed by atoms with van der Waals surface area (Å²) >= 11 is 0. The van der Waals surface area contributed by atoms with E-state index >= 15 is 0 Å². The van der Waals surface area contributed by atoms with Crippen LogP contribution in [0.15, 0.2) is 0 Å². The number of aliphatic hydroxyl groups excluding tert-OH is 1. The molecule has 0 spiro atoms. The average molecular weight is 175 g/mol. The molecule has 0 rings (SSSR count). The number of aliphatic hydroxyl groups is 1. The third-order valence-corrected chi connectivity index (χ3v) is 0.653. The molecule has 0 aliphatic carbocycles. The van der Waals surface area contributed by atoms with E-state index in [2.05, 4.69) is 0 Å². The van der Waals surface area contributed by atoms with Gasteiger partial charge in [-0.05, 0) is 0 Å². The topological polar surface area (TPSA) is 126 Å². The molecule has 0 aromatic carbocycles. The number of hydrogen-bond acceptors (Lipinski definition) is 3. The Bertz CT molecular complexity index is 135. The van der Waals surface area contributed by atoms with Crippen molar-refractivity contribution in [3.05, 3.63) is 0 Å². The summed E-state index contributed by atoms with van der Waals surface area (Å²) in [5.74, 6) is -2.85. The van der Waals surface area contributed by atoms with E-state index in [1.54, 1.807) is 0 Å². The fourth-order valence-electron chi connectivity index (χ4n) is 0.253. The van der Waals surface area contributed by atoms with Gasteiger partial charge < -0.3 is 20.8 Å². The van der Waals surface area contributed by atoms with Crippen LogP contribution in [0.4, 0.5) is 0 Å². The molecule has 61 valence electrons. The molecule has 0 saturated carbocycles. The van der Waals surface area contributed by atoms with Gasteiger partial charge >= 0.3 is 11.9 Å². The number of rotatable bonds is 3. The van der Waals surface area contributed by atoms with Gasteiger partial charge in [0.25, 0.3) is 0 Å². The maximum atomic E-state index is 9.72. The molecule has 0 aromatic heterocycles. The van der Waals surface area contributed by atoms with E-state index < -0.39 is 24.5 Å². The fourth-order valence-corrected chi connectivity index (χ4v) is 0.253. The van der Waals surface area contributed by atoms with Gasteiger partial charge in [-0.3, -0.25) is 4.79 Å². The largest absolute Gasteiger partial charge is 0.481 e. The Morgan fingerprint density at radius 1 is 1.27 bits per heavy atom. The van der Waals surface area contributed by atoms with Crippen LogP contribution in [0.3, 0.4) is 0 Å². The molecule has 0 fully saturated rings. The minimum Gasteiger partial charge on any atom is -0.481 e. The average Bonchev–Trinajstić information content (AvgIpc) is 1.63. The number of aliphatic carboxylic acids is 2. The van der Waals surface area contributed by atoms with Crippen molar-refractivity contribution in [1.82, 2.24) is 0 Å². The first-order valence-electron chi connectivity index (χ1n) is 2.16. The van der Waals surface area contributed by atoms with E-state index in [4.69, 9.17) is 15.3 Å². The Morgan fingerprint density at radius 3 is 1.73 bits per heavy atom. The summed E-state index contributed by atoms with van der Waals surface area (Å²) in [4.78, 5) is 19.4. The molecule has 0 aromatic rings. The van der Waals surface area contributed by atoms with Gasteiger partial charge in [0.2, 0.25) is 0 Å². The summed E-state index contributed by atoms with van der Waals surface area (Å²) in [6.07, 6.45) is -2.54. The second-order valence-electron chi connectivity index (χ2n) is 1.45. The SMILES string of the molecule is O.O=C(O)C[C@H](O)C(=O)O.[Na]. The van der Waals surface area contributed by atoms with Crippen LogP contribution in [0.5, 0.6) is 0 Å². The molecule has 0 aliphatic rings. The molecular weight excluding hydrogens is 167 g/mol. The van der Waals surface area contributed by atoms with Crippen LogP contribution in [-0.4, -0.2) is 68.4 Å². The van der Waals surface area contributed by atoms with E-state index in [1.165, 1.54) is 0 Å². The normalized spacial score (nSPS) is 10.3. The molecule has 0 aliphatic heterocycles. The van der Waals surface area contributed by atoms with Gasteiger partial charge in [-0.15, -0.1) is 0 Å². The van der Waals surface area contributed by atoms with Crippen LogP contribution in [0.1, 0.15) is 6.42 Å². The van der Waals surface area contributed by atoms with Gasteiger partial charge in [-0.2, -0.15) is 0 Å². The maximum absolute atomic E-state index is 9.72. The van der Waals surface area contributed by atoms with Gasteiger partial charge in [0.1, 0.15) is 0 Å². The second-order valence-corrected chi connectivity index (χ2v) is 1.45. The zero-order valence-electron chi connectivity index (χ0n) is 5.94. The summed E-state index contributed by atoms with van der Waals surface area (Å²) in [5, 5.41) is 24.1. The zero-order chi connectivity index (χ0) is 7.44. The Hall–Kier alpha value is -0.140. The van der Waals surface area contributed by atoms with Crippen molar-refractivity contribution in [2.45, 2.75) is 12.5 Å². The van der Waals surface area contributed by atoms with Gasteiger partial charge in [-0.25, -0.2) is 4.79 Å². The summed E-state index contributed by atoms with van der Waals surface area (Å²) in [6.45, 7) is 0. The van der Waals surface area contributed by atoms with Gasteiger partial charge in [0.05, 0.1) is 6.42 Å². The molecule has 0 amide bonds. The van der Waals surface area contributed by atoms with Gasteiger partial charge in [0, 0.05) is 29.6 Å². The molecule has 0 saturated heterocycles. The Balaban J connectivity index is -0.000000320. The smallest absolute Gasteiger partial charge is 0.333 e. The van der Waals surface area contributed by atoms with Crippen LogP contribution in [0, 0.1) is 0 Å². The molecule has 6 nitrogen and oxygen atoms in total. The van der Waals surface area contributed by atoms with Crippen molar-refractivity contribution >= 4 is 41.5 Å². The van der Waals surface area contributed by atoms with Crippen LogP contribution < -0.4 is 0 Å². The quantitative estimate of drug-likeness (QED) is 0.416. The second kappa shape index (κ2) is 7.96. The minimum absolute atomic E-state index is 0. The van der Waals surface area contributed by atoms with Gasteiger partial charge in [0.15, 0.2) is 6.10 Å². The van der Waals surface area contributed by atoms with Crippen LogP contribution in [-0.2, 0) is 9.59 Å². The van der Waals surface area contributed by atoms with E-state index in [-0.39, 0.29) is 35.0 Å². The van der Waals surface area contributed by atoms with Crippen molar-refractivity contribution in [1.29, 1.82) is 0 Å². The Labute approximate surface area is 84.4 Å². The first-order valence-corrected chi connectivity index (χ1v) is 2.16. The molecule has 5 N–H and O–H groups in total. The Morgan fingerprint density at radius 2 is 1.64 bits per heavy atom. The summed E-state index contributed by atoms with van der Waals surface area (Å²) in [7, 11) is 0. The minimum atomic E-state index is -1.79. The molecule has 1 atom stereocenters. The van der Waals surface area contributed by atoms with E-state index in [0.29, 0.717) is 0 Å². The van der Waals surface area contributed by atoms with E-state index in [1.807, 2.05) is 0 Å². The van der Waals surface area contributed by atoms with Crippen molar-refractivity contribution < 1.29 is 30.4 Å². The van der Waals surface area contributed by atoms with E-state index in [0.717, 1.165) is 0 Å². The number of carboxylic acid groups (broad SMARTS) is 2. The maximum Gasteiger partial charge on any atom is 0.333 e. The predicted octanol–water partition coefficient (Wildman–Crippen LogP) is -2.30. The van der Waals surface area contributed by atoms with Crippen molar-refractivity contribution in [3.8, 4) is 0 Å². The Kier molecular flexibility index (Phi) is 12.4. The number of carboxylic acids is 2. The summed E-state index contributed by atoms with van der Waals surface area (Å²) in [5.41, 5.74) is 0. The van der Waals surface area contributed by atoms with Crippen molar-refractivity contribution in [3.63, 3.8) is 0 Å². The third kappa shape index (κ3) is 9.86. The summed E-state index contributed by atoms with van der Waals surface area (Å²) in [6, 6.07) is 0. The molecule has 7 heteroatoms. The molecular formula is C4H8NaO6. The van der Waals surface area contributed by atoms with Crippen molar-refractivity contribution in [2.75, 3.05) is 0 Å². The monoisotopic (exact) mass is 175 g/mol. The third-order valence-electron chi connectivity index (χ3n) is 0.653. The number of hydrogen-bond donors (Lipinski definition) is 3. The predicted molar refractivity (Wildman–Crippen MR) is 35.3 cm³/mol. The molecule has 0 heterocycles. The molecule has 0 bridgehead atoms. The number of carbonyl (C=O) groups is 2. The molecule has 1 radical (unpaired) electrons. The first kappa shape index (κ1) is 17.1. The standard InChI is InChI=1S/C4H6O5.Na.H2O/c5-2(4(8)9)1-3(6)7;;/h2,5H,1H2,(H,6,7)(H,8,9);;1H2/t2-;;/m0../s1.